The summed E-state index contributed by atoms with van der Waals surface area (Å²) in [6.07, 6.45) is 5.99. The minimum Gasteiger partial charge on any atom is -0.351 e. The van der Waals surface area contributed by atoms with Crippen molar-refractivity contribution in [1.29, 1.82) is 0 Å². The molecule has 2 rings (SSSR count). The number of aromatic nitrogens is 1. The van der Waals surface area contributed by atoms with Crippen molar-refractivity contribution in [2.24, 2.45) is 5.41 Å². The molecule has 0 unspecified atom stereocenters. The lowest BCUT2D eigenvalue weighted by molar-refractivity contribution is 0.0924. The van der Waals surface area contributed by atoms with Crippen molar-refractivity contribution in [2.75, 3.05) is 12.4 Å². The summed E-state index contributed by atoms with van der Waals surface area (Å²) in [6.45, 7) is 2.55. The second-order valence-corrected chi connectivity index (χ2v) is 6.27. The molecule has 1 N–H and O–H groups in total. The highest BCUT2D eigenvalue weighted by Gasteiger charge is 2.31. The molecule has 18 heavy (non-hydrogen) atoms. The number of hydrogen-bond acceptors (Lipinski definition) is 3. The van der Waals surface area contributed by atoms with Crippen LogP contribution in [-0.2, 0) is 0 Å². The Labute approximate surface area is 117 Å². The molecule has 1 aromatic rings. The molecule has 0 radical (unpaired) electrons. The van der Waals surface area contributed by atoms with Gasteiger partial charge in [0.1, 0.15) is 4.88 Å². The first-order chi connectivity index (χ1) is 8.67. The molecule has 1 amide bonds. The van der Waals surface area contributed by atoms with E-state index in [2.05, 4.69) is 10.3 Å². The Kier molecular flexibility index (Phi) is 4.62. The number of amides is 1. The largest absolute Gasteiger partial charge is 0.351 e. The molecule has 1 aliphatic carbocycles. The number of thiazole rings is 1. The van der Waals surface area contributed by atoms with E-state index in [0.29, 0.717) is 12.4 Å². The van der Waals surface area contributed by atoms with E-state index in [0.717, 1.165) is 23.4 Å². The van der Waals surface area contributed by atoms with Crippen LogP contribution in [0.25, 0.3) is 0 Å². The standard InChI is InChI=1S/C13H19ClN2OS/c1-10-11(18-9-16-10)12(17)15-8-13(7-14)5-3-2-4-6-13/h9H,2-8H2,1H3,(H,15,17). The van der Waals surface area contributed by atoms with Crippen molar-refractivity contribution >= 4 is 28.8 Å². The van der Waals surface area contributed by atoms with Crippen LogP contribution in [0.5, 0.6) is 0 Å². The highest BCUT2D eigenvalue weighted by Crippen LogP contribution is 2.36. The smallest absolute Gasteiger partial charge is 0.263 e. The highest BCUT2D eigenvalue weighted by atomic mass is 35.5. The van der Waals surface area contributed by atoms with Crippen LogP contribution in [0.3, 0.4) is 0 Å². The molecule has 0 spiro atoms. The monoisotopic (exact) mass is 286 g/mol. The zero-order chi connectivity index (χ0) is 13.0. The molecule has 1 saturated carbocycles. The number of halogens is 1. The number of hydrogen-bond donors (Lipinski definition) is 1. The predicted octanol–water partition coefficient (Wildman–Crippen LogP) is 3.37. The van der Waals surface area contributed by atoms with E-state index in [1.54, 1.807) is 5.51 Å². The van der Waals surface area contributed by atoms with Gasteiger partial charge < -0.3 is 5.32 Å². The fourth-order valence-corrected chi connectivity index (χ4v) is 3.61. The van der Waals surface area contributed by atoms with Crippen LogP contribution in [0.15, 0.2) is 5.51 Å². The van der Waals surface area contributed by atoms with E-state index < -0.39 is 0 Å². The number of nitrogens with zero attached hydrogens (tertiary/aromatic N) is 1. The van der Waals surface area contributed by atoms with Gasteiger partial charge in [-0.2, -0.15) is 0 Å². The average molecular weight is 287 g/mol. The van der Waals surface area contributed by atoms with Gasteiger partial charge in [0.25, 0.3) is 5.91 Å². The van der Waals surface area contributed by atoms with E-state index in [1.165, 1.54) is 30.6 Å². The zero-order valence-corrected chi connectivity index (χ0v) is 12.2. The maximum absolute atomic E-state index is 12.0. The van der Waals surface area contributed by atoms with Crippen LogP contribution < -0.4 is 5.32 Å². The first-order valence-corrected chi connectivity index (χ1v) is 7.82. The minimum atomic E-state index is -0.00920. The molecule has 1 aliphatic rings. The number of nitrogens with one attached hydrogen (secondary N) is 1. The van der Waals surface area contributed by atoms with Crippen LogP contribution in [0.1, 0.15) is 47.5 Å². The fraction of sp³-hybridized carbons (Fsp3) is 0.692. The quantitative estimate of drug-likeness (QED) is 0.862. The van der Waals surface area contributed by atoms with Gasteiger partial charge in [-0.3, -0.25) is 4.79 Å². The summed E-state index contributed by atoms with van der Waals surface area (Å²) in [5.41, 5.74) is 2.62. The van der Waals surface area contributed by atoms with E-state index in [-0.39, 0.29) is 11.3 Å². The Morgan fingerprint density at radius 3 is 2.78 bits per heavy atom. The van der Waals surface area contributed by atoms with E-state index >= 15 is 0 Å². The number of aryl methyl sites for hydroxylation is 1. The third-order valence-electron chi connectivity index (χ3n) is 3.77. The normalized spacial score (nSPS) is 18.6. The van der Waals surface area contributed by atoms with E-state index in [4.69, 9.17) is 11.6 Å². The van der Waals surface area contributed by atoms with Crippen molar-refractivity contribution in [2.45, 2.75) is 39.0 Å². The molecule has 0 aliphatic heterocycles. The summed E-state index contributed by atoms with van der Waals surface area (Å²) in [7, 11) is 0. The van der Waals surface area contributed by atoms with Crippen molar-refractivity contribution in [3.8, 4) is 0 Å². The Balaban J connectivity index is 1.94. The Morgan fingerprint density at radius 2 is 2.22 bits per heavy atom. The summed E-state index contributed by atoms with van der Waals surface area (Å²) < 4.78 is 0. The molecule has 1 fully saturated rings. The Bertz CT molecular complexity index is 413. The lowest BCUT2D eigenvalue weighted by atomic mass is 9.75. The van der Waals surface area contributed by atoms with Crippen molar-refractivity contribution in [1.82, 2.24) is 10.3 Å². The molecular weight excluding hydrogens is 268 g/mol. The number of alkyl halides is 1. The molecule has 3 nitrogen and oxygen atoms in total. The topological polar surface area (TPSA) is 42.0 Å². The SMILES string of the molecule is Cc1ncsc1C(=O)NCC1(CCl)CCCCC1. The van der Waals surface area contributed by atoms with Gasteiger partial charge in [-0.25, -0.2) is 4.98 Å². The van der Waals surface area contributed by atoms with E-state index in [9.17, 15) is 4.79 Å². The van der Waals surface area contributed by atoms with Crippen LogP contribution >= 0.6 is 22.9 Å². The molecule has 0 aromatic carbocycles. The van der Waals surface area contributed by atoms with Crippen LogP contribution in [-0.4, -0.2) is 23.3 Å². The lowest BCUT2D eigenvalue weighted by Gasteiger charge is -2.35. The molecule has 100 valence electrons. The lowest BCUT2D eigenvalue weighted by Crippen LogP contribution is -2.40. The second kappa shape index (κ2) is 6.02. The van der Waals surface area contributed by atoms with Gasteiger partial charge in [-0.1, -0.05) is 19.3 Å². The van der Waals surface area contributed by atoms with Gasteiger partial charge in [0.05, 0.1) is 11.2 Å². The summed E-state index contributed by atoms with van der Waals surface area (Å²) >= 11 is 7.51. The summed E-state index contributed by atoms with van der Waals surface area (Å²) in [6, 6.07) is 0. The summed E-state index contributed by atoms with van der Waals surface area (Å²) in [4.78, 5) is 16.9. The van der Waals surface area contributed by atoms with Gasteiger partial charge >= 0.3 is 0 Å². The second-order valence-electron chi connectivity index (χ2n) is 5.14. The molecule has 1 heterocycles. The zero-order valence-electron chi connectivity index (χ0n) is 10.7. The van der Waals surface area contributed by atoms with Crippen molar-refractivity contribution in [3.63, 3.8) is 0 Å². The molecule has 5 heteroatoms. The number of rotatable bonds is 4. The third-order valence-corrected chi connectivity index (χ3v) is 5.27. The van der Waals surface area contributed by atoms with Crippen LogP contribution in [0.4, 0.5) is 0 Å². The highest BCUT2D eigenvalue weighted by molar-refractivity contribution is 7.11. The van der Waals surface area contributed by atoms with Gasteiger partial charge in [0.15, 0.2) is 0 Å². The van der Waals surface area contributed by atoms with E-state index in [1.807, 2.05) is 6.92 Å². The maximum Gasteiger partial charge on any atom is 0.263 e. The first-order valence-electron chi connectivity index (χ1n) is 6.41. The Morgan fingerprint density at radius 1 is 1.50 bits per heavy atom. The molecule has 0 atom stereocenters. The molecule has 1 aromatic heterocycles. The van der Waals surface area contributed by atoms with Gasteiger partial charge in [-0.15, -0.1) is 22.9 Å². The first kappa shape index (κ1) is 13.8. The third kappa shape index (κ3) is 3.04. The van der Waals surface area contributed by atoms with Crippen molar-refractivity contribution in [3.05, 3.63) is 16.1 Å². The van der Waals surface area contributed by atoms with Crippen molar-refractivity contribution < 1.29 is 4.79 Å². The molecule has 0 saturated heterocycles. The number of carbonyl (C=O) groups is 1. The van der Waals surface area contributed by atoms with Gasteiger partial charge in [0, 0.05) is 17.8 Å². The Hall–Kier alpha value is -0.610. The summed E-state index contributed by atoms with van der Waals surface area (Å²) in [5, 5.41) is 3.03. The number of carbonyl (C=O) groups excluding carboxylic acids is 1. The van der Waals surface area contributed by atoms with Gasteiger partial charge in [-0.05, 0) is 19.8 Å². The minimum absolute atomic E-state index is 0.00920. The fourth-order valence-electron chi connectivity index (χ4n) is 2.53. The maximum atomic E-state index is 12.0. The molecule has 0 bridgehead atoms. The molecular formula is C13H19ClN2OS. The van der Waals surface area contributed by atoms with Gasteiger partial charge in [0.2, 0.25) is 0 Å². The average Bonchev–Trinajstić information content (AvgIpc) is 2.83. The van der Waals surface area contributed by atoms with Crippen LogP contribution in [0, 0.1) is 12.3 Å². The summed E-state index contributed by atoms with van der Waals surface area (Å²) in [5.74, 6) is 0.625. The van der Waals surface area contributed by atoms with Crippen LogP contribution in [0.2, 0.25) is 0 Å². The predicted molar refractivity (Wildman–Crippen MR) is 75.4 cm³/mol.